The van der Waals surface area contributed by atoms with Gasteiger partial charge >= 0.3 is 0 Å². The number of rotatable bonds is 2. The van der Waals surface area contributed by atoms with E-state index in [0.29, 0.717) is 6.10 Å². The average molecular weight is 184 g/mol. The first-order valence-electron chi connectivity index (χ1n) is 5.54. The van der Waals surface area contributed by atoms with Crippen LogP contribution in [-0.2, 0) is 9.47 Å². The summed E-state index contributed by atoms with van der Waals surface area (Å²) in [5, 5.41) is 0. The molecular weight excluding hydrogens is 164 g/mol. The molecule has 0 aromatic rings. The summed E-state index contributed by atoms with van der Waals surface area (Å²) in [6.45, 7) is 5.24. The minimum absolute atomic E-state index is 0.524. The summed E-state index contributed by atoms with van der Waals surface area (Å²) in [6.07, 6.45) is 5.50. The van der Waals surface area contributed by atoms with Crippen LogP contribution in [0.5, 0.6) is 0 Å². The van der Waals surface area contributed by atoms with Gasteiger partial charge in [-0.2, -0.15) is 0 Å². The van der Waals surface area contributed by atoms with Crippen molar-refractivity contribution in [3.8, 4) is 0 Å². The first-order chi connectivity index (χ1) is 6.34. The van der Waals surface area contributed by atoms with Crippen LogP contribution in [0.2, 0.25) is 0 Å². The maximum absolute atomic E-state index is 5.75. The summed E-state index contributed by atoms with van der Waals surface area (Å²) < 4.78 is 11.1. The Kier molecular flexibility index (Phi) is 3.23. The van der Waals surface area contributed by atoms with Gasteiger partial charge in [-0.3, -0.25) is 0 Å². The van der Waals surface area contributed by atoms with E-state index in [1.165, 1.54) is 25.7 Å². The van der Waals surface area contributed by atoms with Gasteiger partial charge in [0.1, 0.15) is 0 Å². The summed E-state index contributed by atoms with van der Waals surface area (Å²) in [7, 11) is 0. The van der Waals surface area contributed by atoms with Gasteiger partial charge < -0.3 is 9.47 Å². The number of ether oxygens (including phenoxy) is 2. The first-order valence-corrected chi connectivity index (χ1v) is 5.54. The van der Waals surface area contributed by atoms with Crippen LogP contribution in [0.25, 0.3) is 0 Å². The number of hydrogen-bond donors (Lipinski definition) is 0. The zero-order valence-electron chi connectivity index (χ0n) is 8.50. The second kappa shape index (κ2) is 4.43. The maximum atomic E-state index is 5.75. The summed E-state index contributed by atoms with van der Waals surface area (Å²) in [5.74, 6) is 1.64. The molecular formula is C11H20O2. The van der Waals surface area contributed by atoms with Crippen molar-refractivity contribution in [2.45, 2.75) is 38.7 Å². The van der Waals surface area contributed by atoms with E-state index < -0.39 is 0 Å². The predicted molar refractivity (Wildman–Crippen MR) is 51.7 cm³/mol. The minimum Gasteiger partial charge on any atom is -0.381 e. The molecule has 0 amide bonds. The standard InChI is InChI=1S/C11H20O2/c1-9-2-5-13-11(6-9)7-10-3-4-12-8-10/h9-11H,2-8H2,1H3. The summed E-state index contributed by atoms with van der Waals surface area (Å²) in [5.41, 5.74) is 0. The third-order valence-corrected chi connectivity index (χ3v) is 3.25. The third kappa shape index (κ3) is 2.68. The van der Waals surface area contributed by atoms with E-state index in [-0.39, 0.29) is 0 Å². The smallest absolute Gasteiger partial charge is 0.0581 e. The highest BCUT2D eigenvalue weighted by Gasteiger charge is 2.25. The molecule has 0 aromatic carbocycles. The molecule has 0 aromatic heterocycles. The highest BCUT2D eigenvalue weighted by molar-refractivity contribution is 4.74. The minimum atomic E-state index is 0.524. The molecule has 2 aliphatic rings. The van der Waals surface area contributed by atoms with Crippen LogP contribution in [0.1, 0.15) is 32.6 Å². The Hall–Kier alpha value is -0.0800. The van der Waals surface area contributed by atoms with Crippen LogP contribution < -0.4 is 0 Å². The molecule has 0 bridgehead atoms. The SMILES string of the molecule is CC1CCOC(CC2CCOC2)C1. The fraction of sp³-hybridized carbons (Fsp3) is 1.00. The lowest BCUT2D eigenvalue weighted by atomic mass is 9.91. The molecule has 2 nitrogen and oxygen atoms in total. The lowest BCUT2D eigenvalue weighted by Crippen LogP contribution is -2.26. The molecule has 0 aliphatic carbocycles. The Morgan fingerprint density at radius 1 is 1.23 bits per heavy atom. The van der Waals surface area contributed by atoms with Gasteiger partial charge in [-0.25, -0.2) is 0 Å². The average Bonchev–Trinajstić information content (AvgIpc) is 2.57. The van der Waals surface area contributed by atoms with Gasteiger partial charge in [0.05, 0.1) is 6.10 Å². The van der Waals surface area contributed by atoms with E-state index in [4.69, 9.17) is 9.47 Å². The van der Waals surface area contributed by atoms with Gasteiger partial charge in [-0.1, -0.05) is 6.92 Å². The molecule has 0 N–H and O–H groups in total. The molecule has 0 saturated carbocycles. The zero-order chi connectivity index (χ0) is 9.10. The van der Waals surface area contributed by atoms with Crippen molar-refractivity contribution in [2.24, 2.45) is 11.8 Å². The lowest BCUT2D eigenvalue weighted by molar-refractivity contribution is -0.0185. The molecule has 2 heteroatoms. The van der Waals surface area contributed by atoms with E-state index >= 15 is 0 Å². The van der Waals surface area contributed by atoms with E-state index in [2.05, 4.69) is 6.92 Å². The Bertz CT molecular complexity index is 152. The second-order valence-corrected chi connectivity index (χ2v) is 4.59. The Morgan fingerprint density at radius 3 is 2.85 bits per heavy atom. The fourth-order valence-electron chi connectivity index (χ4n) is 2.38. The van der Waals surface area contributed by atoms with Crippen LogP contribution in [-0.4, -0.2) is 25.9 Å². The molecule has 2 heterocycles. The Balaban J connectivity index is 1.73. The molecule has 3 unspecified atom stereocenters. The first kappa shape index (κ1) is 9.47. The zero-order valence-corrected chi connectivity index (χ0v) is 8.50. The van der Waals surface area contributed by atoms with Gasteiger partial charge in [-0.05, 0) is 37.5 Å². The van der Waals surface area contributed by atoms with E-state index in [9.17, 15) is 0 Å². The third-order valence-electron chi connectivity index (χ3n) is 3.25. The van der Waals surface area contributed by atoms with Crippen molar-refractivity contribution >= 4 is 0 Å². The molecule has 0 spiro atoms. The van der Waals surface area contributed by atoms with E-state index in [0.717, 1.165) is 31.7 Å². The van der Waals surface area contributed by atoms with E-state index in [1.807, 2.05) is 0 Å². The monoisotopic (exact) mass is 184 g/mol. The van der Waals surface area contributed by atoms with Gasteiger partial charge in [0.25, 0.3) is 0 Å². The molecule has 3 atom stereocenters. The fourth-order valence-corrected chi connectivity index (χ4v) is 2.38. The van der Waals surface area contributed by atoms with Crippen LogP contribution in [0.4, 0.5) is 0 Å². The van der Waals surface area contributed by atoms with Crippen molar-refractivity contribution in [3.63, 3.8) is 0 Å². The molecule has 2 aliphatic heterocycles. The van der Waals surface area contributed by atoms with Gasteiger partial charge in [0, 0.05) is 19.8 Å². The van der Waals surface area contributed by atoms with Crippen molar-refractivity contribution < 1.29 is 9.47 Å². The predicted octanol–water partition coefficient (Wildman–Crippen LogP) is 2.23. The highest BCUT2D eigenvalue weighted by atomic mass is 16.5. The molecule has 76 valence electrons. The lowest BCUT2D eigenvalue weighted by Gasteiger charge is -2.28. The van der Waals surface area contributed by atoms with Crippen molar-refractivity contribution in [2.75, 3.05) is 19.8 Å². The molecule has 13 heavy (non-hydrogen) atoms. The van der Waals surface area contributed by atoms with Crippen LogP contribution in [0.3, 0.4) is 0 Å². The van der Waals surface area contributed by atoms with E-state index in [1.54, 1.807) is 0 Å². The maximum Gasteiger partial charge on any atom is 0.0581 e. The van der Waals surface area contributed by atoms with Crippen molar-refractivity contribution in [1.29, 1.82) is 0 Å². The van der Waals surface area contributed by atoms with Gasteiger partial charge in [0.2, 0.25) is 0 Å². The second-order valence-electron chi connectivity index (χ2n) is 4.59. The molecule has 0 radical (unpaired) electrons. The van der Waals surface area contributed by atoms with Gasteiger partial charge in [0.15, 0.2) is 0 Å². The van der Waals surface area contributed by atoms with Crippen LogP contribution in [0, 0.1) is 11.8 Å². The summed E-state index contributed by atoms with van der Waals surface area (Å²) >= 11 is 0. The van der Waals surface area contributed by atoms with Crippen molar-refractivity contribution in [3.05, 3.63) is 0 Å². The van der Waals surface area contributed by atoms with Gasteiger partial charge in [-0.15, -0.1) is 0 Å². The highest BCUT2D eigenvalue weighted by Crippen LogP contribution is 2.27. The summed E-state index contributed by atoms with van der Waals surface area (Å²) in [6, 6.07) is 0. The quantitative estimate of drug-likeness (QED) is 0.655. The Morgan fingerprint density at radius 2 is 2.15 bits per heavy atom. The molecule has 2 fully saturated rings. The van der Waals surface area contributed by atoms with Crippen LogP contribution >= 0.6 is 0 Å². The number of hydrogen-bond acceptors (Lipinski definition) is 2. The molecule has 2 rings (SSSR count). The summed E-state index contributed by atoms with van der Waals surface area (Å²) in [4.78, 5) is 0. The van der Waals surface area contributed by atoms with Crippen LogP contribution in [0.15, 0.2) is 0 Å². The normalized spacial score (nSPS) is 40.8. The topological polar surface area (TPSA) is 18.5 Å². The Labute approximate surface area is 80.6 Å². The van der Waals surface area contributed by atoms with Crippen molar-refractivity contribution in [1.82, 2.24) is 0 Å². The largest absolute Gasteiger partial charge is 0.381 e. The molecule has 2 saturated heterocycles.